The molecule has 0 spiro atoms. The Morgan fingerprint density at radius 1 is 1.55 bits per heavy atom. The number of aliphatic carboxylic acids is 1. The number of hydrogen-bond donors (Lipinski definition) is 2. The number of nitrogens with one attached hydrogen (secondary N) is 1. The van der Waals surface area contributed by atoms with Crippen LogP contribution in [0.5, 0.6) is 0 Å². The lowest BCUT2D eigenvalue weighted by molar-refractivity contribution is -0.385. The maximum Gasteiger partial charge on any atom is 0.352 e. The summed E-state index contributed by atoms with van der Waals surface area (Å²) >= 11 is 0. The Morgan fingerprint density at radius 3 is 2.73 bits per heavy atom. The molecule has 1 aliphatic rings. The maximum absolute atomic E-state index is 11.2. The molecule has 2 rings (SSSR count). The van der Waals surface area contributed by atoms with Crippen LogP contribution in [0, 0.1) is 10.1 Å². The van der Waals surface area contributed by atoms with Gasteiger partial charge >= 0.3 is 5.97 Å². The monoisotopic (exact) mass is 306 g/mol. The Bertz CT molecular complexity index is 683. The molecule has 0 fully saturated rings. The van der Waals surface area contributed by atoms with Crippen LogP contribution in [0.2, 0.25) is 0 Å². The average molecular weight is 306 g/mol. The number of nitro benzene ring substituents is 1. The number of benzene rings is 1. The summed E-state index contributed by atoms with van der Waals surface area (Å²) in [7, 11) is 3.52. The standard InChI is InChI=1S/C13H14N4O5/c1-16(2)5-7-3-8-9(4-11(7)17(21)22)14-10(6-18)12(15-8)13(19)20/h3-4,6,10,14H,5H2,1-2H3,(H,19,20). The third-order valence-corrected chi connectivity index (χ3v) is 3.08. The first-order valence-electron chi connectivity index (χ1n) is 6.33. The van der Waals surface area contributed by atoms with E-state index < -0.39 is 16.9 Å². The predicted molar refractivity (Wildman–Crippen MR) is 78.7 cm³/mol. The molecule has 0 aliphatic carbocycles. The Hall–Kier alpha value is -2.81. The van der Waals surface area contributed by atoms with Gasteiger partial charge in [-0.05, 0) is 20.2 Å². The molecule has 1 atom stereocenters. The second-order valence-corrected chi connectivity index (χ2v) is 5.05. The van der Waals surface area contributed by atoms with Crippen LogP contribution in [0.15, 0.2) is 17.1 Å². The van der Waals surface area contributed by atoms with Gasteiger partial charge in [-0.3, -0.25) is 10.1 Å². The number of carbonyl (C=O) groups is 2. The van der Waals surface area contributed by atoms with Crippen LogP contribution in [0.3, 0.4) is 0 Å². The quantitative estimate of drug-likeness (QED) is 0.468. The summed E-state index contributed by atoms with van der Waals surface area (Å²) in [4.78, 5) is 38.4. The fourth-order valence-corrected chi connectivity index (χ4v) is 2.18. The zero-order chi connectivity index (χ0) is 16.4. The number of fused-ring (bicyclic) bond motifs is 1. The van der Waals surface area contributed by atoms with E-state index in [1.165, 1.54) is 12.1 Å². The van der Waals surface area contributed by atoms with Crippen molar-refractivity contribution in [1.82, 2.24) is 4.90 Å². The van der Waals surface area contributed by atoms with Crippen molar-refractivity contribution in [1.29, 1.82) is 0 Å². The van der Waals surface area contributed by atoms with Crippen molar-refractivity contribution in [2.24, 2.45) is 4.99 Å². The molecule has 0 bridgehead atoms. The Kier molecular flexibility index (Phi) is 4.18. The molecule has 9 heteroatoms. The minimum absolute atomic E-state index is 0.112. The molecule has 1 aromatic carbocycles. The summed E-state index contributed by atoms with van der Waals surface area (Å²) in [6.45, 7) is 0.304. The van der Waals surface area contributed by atoms with Gasteiger partial charge < -0.3 is 20.1 Å². The third kappa shape index (κ3) is 2.93. The number of aliphatic imine (C=N–C) groups is 1. The SMILES string of the molecule is CN(C)Cc1cc2c(cc1[N+](=O)[O-])NC(C=O)C(C(=O)O)=N2. The van der Waals surface area contributed by atoms with Crippen LogP contribution >= 0.6 is 0 Å². The van der Waals surface area contributed by atoms with Gasteiger partial charge in [0.05, 0.1) is 16.3 Å². The van der Waals surface area contributed by atoms with Crippen LogP contribution in [-0.4, -0.2) is 53.0 Å². The summed E-state index contributed by atoms with van der Waals surface area (Å²) in [6, 6.07) is 1.60. The number of carboxylic acids is 1. The third-order valence-electron chi connectivity index (χ3n) is 3.08. The van der Waals surface area contributed by atoms with Crippen molar-refractivity contribution in [2.45, 2.75) is 12.6 Å². The number of carboxylic acid groups (broad SMARTS) is 1. The summed E-state index contributed by atoms with van der Waals surface area (Å²) in [5, 5.41) is 22.9. The molecule has 0 saturated carbocycles. The van der Waals surface area contributed by atoms with E-state index in [-0.39, 0.29) is 22.8 Å². The van der Waals surface area contributed by atoms with Gasteiger partial charge in [0.2, 0.25) is 0 Å². The Labute approximate surface area is 125 Å². The van der Waals surface area contributed by atoms with Gasteiger partial charge in [0.1, 0.15) is 12.3 Å². The molecule has 1 unspecified atom stereocenters. The van der Waals surface area contributed by atoms with Gasteiger partial charge in [-0.15, -0.1) is 0 Å². The van der Waals surface area contributed by atoms with Crippen molar-refractivity contribution >= 4 is 35.0 Å². The number of carbonyl (C=O) groups excluding carboxylic acids is 1. The van der Waals surface area contributed by atoms with Crippen molar-refractivity contribution in [3.8, 4) is 0 Å². The van der Waals surface area contributed by atoms with E-state index in [9.17, 15) is 19.7 Å². The molecule has 0 aromatic heterocycles. The molecule has 0 radical (unpaired) electrons. The lowest BCUT2D eigenvalue weighted by Gasteiger charge is -2.22. The fraction of sp³-hybridized carbons (Fsp3) is 0.308. The molecular formula is C13H14N4O5. The summed E-state index contributed by atoms with van der Waals surface area (Å²) < 4.78 is 0. The number of rotatable bonds is 5. The highest BCUT2D eigenvalue weighted by atomic mass is 16.6. The maximum atomic E-state index is 11.2. The fourth-order valence-electron chi connectivity index (χ4n) is 2.18. The largest absolute Gasteiger partial charge is 0.477 e. The van der Waals surface area contributed by atoms with Crippen molar-refractivity contribution in [3.05, 3.63) is 27.8 Å². The van der Waals surface area contributed by atoms with Gasteiger partial charge in [-0.1, -0.05) is 0 Å². The molecule has 0 amide bonds. The second-order valence-electron chi connectivity index (χ2n) is 5.05. The number of nitrogens with zero attached hydrogens (tertiary/aromatic N) is 3. The highest BCUT2D eigenvalue weighted by Gasteiger charge is 2.29. The van der Waals surface area contributed by atoms with E-state index in [0.717, 1.165) is 0 Å². The van der Waals surface area contributed by atoms with Gasteiger partial charge in [0.25, 0.3) is 5.69 Å². The van der Waals surface area contributed by atoms with E-state index in [1.54, 1.807) is 19.0 Å². The van der Waals surface area contributed by atoms with Gasteiger partial charge in [0.15, 0.2) is 5.71 Å². The highest BCUT2D eigenvalue weighted by Crippen LogP contribution is 2.36. The zero-order valence-corrected chi connectivity index (χ0v) is 11.9. The predicted octanol–water partition coefficient (Wildman–Crippen LogP) is 0.806. The summed E-state index contributed by atoms with van der Waals surface area (Å²) in [5.41, 5.74) is 0.480. The molecular weight excluding hydrogens is 292 g/mol. The minimum Gasteiger partial charge on any atom is -0.477 e. The molecule has 22 heavy (non-hydrogen) atoms. The molecule has 2 N–H and O–H groups in total. The second kappa shape index (κ2) is 5.90. The van der Waals surface area contributed by atoms with Crippen molar-refractivity contribution < 1.29 is 19.6 Å². The smallest absolute Gasteiger partial charge is 0.352 e. The van der Waals surface area contributed by atoms with Gasteiger partial charge in [0, 0.05) is 18.2 Å². The van der Waals surface area contributed by atoms with E-state index >= 15 is 0 Å². The Balaban J connectivity index is 2.59. The molecule has 0 saturated heterocycles. The summed E-state index contributed by atoms with van der Waals surface area (Å²) in [5.74, 6) is -1.32. The van der Waals surface area contributed by atoms with Crippen molar-refractivity contribution in [3.63, 3.8) is 0 Å². The van der Waals surface area contributed by atoms with Crippen LogP contribution in [0.4, 0.5) is 17.1 Å². The van der Waals surface area contributed by atoms with Gasteiger partial charge in [-0.25, -0.2) is 9.79 Å². The number of hydrogen-bond acceptors (Lipinski definition) is 7. The topological polar surface area (TPSA) is 125 Å². The first kappa shape index (κ1) is 15.6. The molecule has 116 valence electrons. The Morgan fingerprint density at radius 2 is 2.23 bits per heavy atom. The molecule has 1 aliphatic heterocycles. The number of nitro groups is 1. The number of aldehydes is 1. The van der Waals surface area contributed by atoms with E-state index in [0.29, 0.717) is 18.4 Å². The van der Waals surface area contributed by atoms with E-state index in [2.05, 4.69) is 10.3 Å². The molecule has 1 aromatic rings. The van der Waals surface area contributed by atoms with Crippen LogP contribution in [0.25, 0.3) is 0 Å². The molecule has 1 heterocycles. The summed E-state index contributed by atoms with van der Waals surface area (Å²) in [6.07, 6.45) is 0.398. The zero-order valence-electron chi connectivity index (χ0n) is 11.9. The van der Waals surface area contributed by atoms with Crippen molar-refractivity contribution in [2.75, 3.05) is 19.4 Å². The first-order chi connectivity index (χ1) is 10.3. The minimum atomic E-state index is -1.32. The van der Waals surface area contributed by atoms with E-state index in [4.69, 9.17) is 5.11 Å². The lowest BCUT2D eigenvalue weighted by atomic mass is 10.1. The lowest BCUT2D eigenvalue weighted by Crippen LogP contribution is -2.38. The average Bonchev–Trinajstić information content (AvgIpc) is 2.44. The van der Waals surface area contributed by atoms with Crippen LogP contribution < -0.4 is 5.32 Å². The van der Waals surface area contributed by atoms with Crippen LogP contribution in [-0.2, 0) is 16.1 Å². The molecule has 9 nitrogen and oxygen atoms in total. The normalized spacial score (nSPS) is 16.5. The first-order valence-corrected chi connectivity index (χ1v) is 6.33. The number of anilines is 1. The van der Waals surface area contributed by atoms with Crippen LogP contribution in [0.1, 0.15) is 5.56 Å². The van der Waals surface area contributed by atoms with E-state index in [1.807, 2.05) is 0 Å². The highest BCUT2D eigenvalue weighted by molar-refractivity contribution is 6.42. The van der Waals surface area contributed by atoms with Gasteiger partial charge in [-0.2, -0.15) is 0 Å².